The first-order chi connectivity index (χ1) is 17.3. The number of benzene rings is 2. The van der Waals surface area contributed by atoms with Crippen LogP contribution in [0.2, 0.25) is 5.02 Å². The molecule has 2 saturated heterocycles. The molecule has 9 heteroatoms. The van der Waals surface area contributed by atoms with Crippen molar-refractivity contribution in [2.24, 2.45) is 0 Å². The molecule has 2 aromatic carbocycles. The monoisotopic (exact) mass is 510 g/mol. The van der Waals surface area contributed by atoms with Crippen LogP contribution in [0.5, 0.6) is 0 Å². The molecule has 0 saturated carbocycles. The van der Waals surface area contributed by atoms with Crippen LogP contribution in [0, 0.1) is 5.82 Å². The van der Waals surface area contributed by atoms with Crippen molar-refractivity contribution in [3.05, 3.63) is 70.1 Å². The van der Waals surface area contributed by atoms with Gasteiger partial charge in [-0.25, -0.2) is 4.39 Å². The van der Waals surface area contributed by atoms with Crippen LogP contribution in [0.1, 0.15) is 46.0 Å². The molecule has 1 aromatic heterocycles. The molecule has 7 nitrogen and oxygen atoms in total. The summed E-state index contributed by atoms with van der Waals surface area (Å²) in [7, 11) is 0. The van der Waals surface area contributed by atoms with Crippen molar-refractivity contribution in [1.29, 1.82) is 0 Å². The molecule has 3 heterocycles. The summed E-state index contributed by atoms with van der Waals surface area (Å²) in [5.41, 5.74) is 2.19. The molecule has 3 aromatic rings. The Morgan fingerprint density at radius 2 is 1.75 bits per heavy atom. The Bertz CT molecular complexity index is 1320. The van der Waals surface area contributed by atoms with Crippen molar-refractivity contribution in [3.63, 3.8) is 0 Å². The van der Waals surface area contributed by atoms with Gasteiger partial charge in [-0.15, -0.1) is 0 Å². The van der Waals surface area contributed by atoms with Gasteiger partial charge in [0.2, 0.25) is 0 Å². The second-order valence-electron chi connectivity index (χ2n) is 9.62. The number of carbonyl (C=O) groups excluding carboxylic acids is 3. The second kappa shape index (κ2) is 10.0. The number of Topliss-reactive ketones (excluding diaryl/α,β-unsaturated/α-hetero) is 1. The van der Waals surface area contributed by atoms with Crippen LogP contribution in [0.15, 0.2) is 42.6 Å². The first kappa shape index (κ1) is 24.5. The predicted molar refractivity (Wildman–Crippen MR) is 136 cm³/mol. The number of likely N-dealkylation sites (tertiary alicyclic amines) is 1. The third-order valence-electron chi connectivity index (χ3n) is 7.12. The summed E-state index contributed by atoms with van der Waals surface area (Å²) in [6.45, 7) is 5.70. The Kier molecular flexibility index (Phi) is 6.81. The number of carbonyl (C=O) groups is 3. The Morgan fingerprint density at radius 3 is 2.44 bits per heavy atom. The van der Waals surface area contributed by atoms with E-state index in [1.54, 1.807) is 34.1 Å². The minimum absolute atomic E-state index is 0.0671. The zero-order valence-corrected chi connectivity index (χ0v) is 20.9. The molecule has 36 heavy (non-hydrogen) atoms. The van der Waals surface area contributed by atoms with Gasteiger partial charge in [0, 0.05) is 62.4 Å². The van der Waals surface area contributed by atoms with Gasteiger partial charge in [-0.3, -0.25) is 19.3 Å². The van der Waals surface area contributed by atoms with Crippen LogP contribution in [-0.4, -0.2) is 76.0 Å². The molecule has 2 fully saturated rings. The SMILES string of the molecule is CC1CN(Cc2ccc(F)cc2)CCN1C(=O)c1cc2c(C(=O)C(=O)N3CCCC3)c[nH]c2cc1Cl. The maximum absolute atomic E-state index is 13.5. The molecule has 0 aliphatic carbocycles. The number of halogens is 2. The zero-order valence-electron chi connectivity index (χ0n) is 20.1. The summed E-state index contributed by atoms with van der Waals surface area (Å²) in [6, 6.07) is 9.65. The van der Waals surface area contributed by atoms with Gasteiger partial charge in [-0.05, 0) is 49.6 Å². The topological polar surface area (TPSA) is 76.7 Å². The van der Waals surface area contributed by atoms with E-state index in [0.717, 1.165) is 18.4 Å². The van der Waals surface area contributed by atoms with Crippen molar-refractivity contribution in [2.45, 2.75) is 32.4 Å². The van der Waals surface area contributed by atoms with Crippen LogP contribution in [0.4, 0.5) is 4.39 Å². The molecule has 1 unspecified atom stereocenters. The largest absolute Gasteiger partial charge is 0.360 e. The zero-order chi connectivity index (χ0) is 25.4. The Hall–Kier alpha value is -3.23. The van der Waals surface area contributed by atoms with E-state index in [1.165, 1.54) is 18.3 Å². The Labute approximate surface area is 213 Å². The molecule has 2 aliphatic heterocycles. The van der Waals surface area contributed by atoms with E-state index in [0.29, 0.717) is 60.8 Å². The summed E-state index contributed by atoms with van der Waals surface area (Å²) in [4.78, 5) is 47.8. The van der Waals surface area contributed by atoms with Gasteiger partial charge in [0.15, 0.2) is 0 Å². The number of fused-ring (bicyclic) bond motifs is 1. The number of ketones is 1. The fourth-order valence-corrected chi connectivity index (χ4v) is 5.40. The van der Waals surface area contributed by atoms with E-state index in [2.05, 4.69) is 9.88 Å². The summed E-state index contributed by atoms with van der Waals surface area (Å²) in [5.74, 6) is -1.56. The Balaban J connectivity index is 1.33. The lowest BCUT2D eigenvalue weighted by Crippen LogP contribution is -2.53. The molecule has 188 valence electrons. The van der Waals surface area contributed by atoms with Crippen molar-refractivity contribution >= 4 is 40.1 Å². The van der Waals surface area contributed by atoms with E-state index >= 15 is 0 Å². The minimum atomic E-state index is -0.577. The maximum Gasteiger partial charge on any atom is 0.295 e. The number of H-pyrrole nitrogens is 1. The number of hydrogen-bond acceptors (Lipinski definition) is 4. The molecular weight excluding hydrogens is 483 g/mol. The number of hydrogen-bond donors (Lipinski definition) is 1. The smallest absolute Gasteiger partial charge is 0.295 e. The van der Waals surface area contributed by atoms with Gasteiger partial charge in [0.1, 0.15) is 5.82 Å². The fraction of sp³-hybridized carbons (Fsp3) is 0.370. The van der Waals surface area contributed by atoms with Crippen molar-refractivity contribution in [1.82, 2.24) is 19.7 Å². The summed E-state index contributed by atoms with van der Waals surface area (Å²) < 4.78 is 13.2. The van der Waals surface area contributed by atoms with E-state index in [1.807, 2.05) is 6.92 Å². The van der Waals surface area contributed by atoms with Crippen LogP contribution in [-0.2, 0) is 11.3 Å². The molecule has 0 radical (unpaired) electrons. The van der Waals surface area contributed by atoms with E-state index in [4.69, 9.17) is 11.6 Å². The van der Waals surface area contributed by atoms with Gasteiger partial charge >= 0.3 is 0 Å². The number of piperazine rings is 1. The molecule has 1 atom stereocenters. The average molecular weight is 511 g/mol. The molecule has 1 N–H and O–H groups in total. The molecule has 2 amide bonds. The summed E-state index contributed by atoms with van der Waals surface area (Å²) >= 11 is 6.50. The van der Waals surface area contributed by atoms with E-state index < -0.39 is 11.7 Å². The van der Waals surface area contributed by atoms with E-state index in [9.17, 15) is 18.8 Å². The van der Waals surface area contributed by atoms with Crippen molar-refractivity contribution in [3.8, 4) is 0 Å². The lowest BCUT2D eigenvalue weighted by molar-refractivity contribution is -0.125. The highest BCUT2D eigenvalue weighted by Crippen LogP contribution is 2.29. The van der Waals surface area contributed by atoms with Crippen LogP contribution < -0.4 is 0 Å². The number of rotatable bonds is 5. The first-order valence-electron chi connectivity index (χ1n) is 12.2. The normalized spacial score (nSPS) is 18.7. The highest BCUT2D eigenvalue weighted by molar-refractivity contribution is 6.45. The summed E-state index contributed by atoms with van der Waals surface area (Å²) in [6.07, 6.45) is 3.31. The third kappa shape index (κ3) is 4.75. The highest BCUT2D eigenvalue weighted by atomic mass is 35.5. The van der Waals surface area contributed by atoms with Gasteiger partial charge in [-0.1, -0.05) is 23.7 Å². The van der Waals surface area contributed by atoms with Gasteiger partial charge in [0.25, 0.3) is 17.6 Å². The highest BCUT2D eigenvalue weighted by Gasteiger charge is 2.31. The second-order valence-corrected chi connectivity index (χ2v) is 10.0. The van der Waals surface area contributed by atoms with Crippen molar-refractivity contribution < 1.29 is 18.8 Å². The first-order valence-corrected chi connectivity index (χ1v) is 12.6. The minimum Gasteiger partial charge on any atom is -0.360 e. The van der Waals surface area contributed by atoms with Gasteiger partial charge < -0.3 is 14.8 Å². The lowest BCUT2D eigenvalue weighted by atomic mass is 10.0. The third-order valence-corrected chi connectivity index (χ3v) is 7.44. The van der Waals surface area contributed by atoms with Crippen LogP contribution in [0.3, 0.4) is 0 Å². The predicted octanol–water partition coefficient (Wildman–Crippen LogP) is 4.11. The van der Waals surface area contributed by atoms with Crippen LogP contribution in [0.25, 0.3) is 10.9 Å². The standard InChI is InChI=1S/C27H28ClFN4O3/c1-17-15-31(16-18-4-6-19(29)7-5-18)10-11-33(17)26(35)21-12-20-22(14-30-24(20)13-23(21)28)25(34)27(36)32-8-2-3-9-32/h4-7,12-14,17,30H,2-3,8-11,15-16H2,1H3. The number of nitrogens with one attached hydrogen (secondary N) is 1. The molecular formula is C27H28ClFN4O3. The molecule has 2 aliphatic rings. The average Bonchev–Trinajstić information content (AvgIpc) is 3.54. The quantitative estimate of drug-likeness (QED) is 0.414. The molecule has 0 spiro atoms. The number of amides is 2. The molecule has 0 bridgehead atoms. The number of aromatic amines is 1. The van der Waals surface area contributed by atoms with Crippen molar-refractivity contribution in [2.75, 3.05) is 32.7 Å². The van der Waals surface area contributed by atoms with Gasteiger partial charge in [-0.2, -0.15) is 0 Å². The Morgan fingerprint density at radius 1 is 1.03 bits per heavy atom. The van der Waals surface area contributed by atoms with Gasteiger partial charge in [0.05, 0.1) is 16.1 Å². The summed E-state index contributed by atoms with van der Waals surface area (Å²) in [5, 5.41) is 0.808. The van der Waals surface area contributed by atoms with E-state index in [-0.39, 0.29) is 23.3 Å². The maximum atomic E-state index is 13.5. The molecule has 5 rings (SSSR count). The number of nitrogens with zero attached hydrogens (tertiary/aromatic N) is 3. The van der Waals surface area contributed by atoms with Crippen LogP contribution >= 0.6 is 11.6 Å². The number of aromatic nitrogens is 1. The lowest BCUT2D eigenvalue weighted by Gasteiger charge is -2.40. The fourth-order valence-electron chi connectivity index (χ4n) is 5.16.